The number of benzene rings is 2. The molecule has 152 valence electrons. The van der Waals surface area contributed by atoms with Gasteiger partial charge in [-0.2, -0.15) is 9.67 Å². The third-order valence-electron chi connectivity index (χ3n) is 4.52. The third kappa shape index (κ3) is 4.21. The summed E-state index contributed by atoms with van der Waals surface area (Å²) in [5, 5.41) is 8.04. The molecule has 0 atom stereocenters. The molecule has 4 rings (SSSR count). The molecule has 0 spiro atoms. The maximum Gasteiger partial charge on any atom is 0.281 e. The molecular formula is C22H20ClN5O2. The van der Waals surface area contributed by atoms with Crippen LogP contribution in [0, 0.1) is 0 Å². The van der Waals surface area contributed by atoms with Crippen LogP contribution in [0.4, 0.5) is 11.6 Å². The third-order valence-corrected chi connectivity index (χ3v) is 4.75. The summed E-state index contributed by atoms with van der Waals surface area (Å²) in [7, 11) is 3.99. The normalized spacial score (nSPS) is 10.8. The molecule has 2 heterocycles. The molecule has 0 radical (unpaired) electrons. The number of hydrogen-bond donors (Lipinski definition) is 1. The number of rotatable bonds is 6. The molecule has 0 saturated carbocycles. The van der Waals surface area contributed by atoms with Crippen molar-refractivity contribution in [1.29, 1.82) is 0 Å². The van der Waals surface area contributed by atoms with E-state index in [9.17, 15) is 4.79 Å². The Kier molecular flexibility index (Phi) is 5.54. The zero-order valence-electron chi connectivity index (χ0n) is 16.5. The maximum atomic E-state index is 13.1. The van der Waals surface area contributed by atoms with Crippen molar-refractivity contribution >= 4 is 29.1 Å². The van der Waals surface area contributed by atoms with Crippen LogP contribution in [0.1, 0.15) is 15.9 Å². The summed E-state index contributed by atoms with van der Waals surface area (Å²) in [6.45, 7) is 0.479. The number of anilines is 2. The summed E-state index contributed by atoms with van der Waals surface area (Å²) >= 11 is 6.05. The zero-order chi connectivity index (χ0) is 21.1. The molecule has 7 nitrogen and oxygen atoms in total. The van der Waals surface area contributed by atoms with Crippen LogP contribution in [0.15, 0.2) is 71.3 Å². The van der Waals surface area contributed by atoms with E-state index in [1.165, 1.54) is 10.9 Å². The van der Waals surface area contributed by atoms with Crippen LogP contribution in [0.2, 0.25) is 5.02 Å². The fraction of sp³-hybridized carbons (Fsp3) is 0.136. The van der Waals surface area contributed by atoms with Gasteiger partial charge in [0, 0.05) is 36.9 Å². The van der Waals surface area contributed by atoms with Crippen molar-refractivity contribution in [2.75, 3.05) is 24.3 Å². The smallest absolute Gasteiger partial charge is 0.281 e. The fourth-order valence-electron chi connectivity index (χ4n) is 2.92. The first-order valence-corrected chi connectivity index (χ1v) is 9.70. The number of hydrogen-bond acceptors (Lipinski definition) is 6. The van der Waals surface area contributed by atoms with E-state index in [1.807, 2.05) is 43.3 Å². The van der Waals surface area contributed by atoms with Crippen LogP contribution >= 0.6 is 11.6 Å². The molecule has 30 heavy (non-hydrogen) atoms. The van der Waals surface area contributed by atoms with Crippen molar-refractivity contribution in [3.63, 3.8) is 0 Å². The largest absolute Gasteiger partial charge is 0.461 e. The van der Waals surface area contributed by atoms with Gasteiger partial charge in [0.1, 0.15) is 0 Å². The minimum absolute atomic E-state index is 0.320. The Bertz CT molecular complexity index is 1150. The van der Waals surface area contributed by atoms with Gasteiger partial charge in [0.15, 0.2) is 5.76 Å². The molecule has 2 aromatic heterocycles. The van der Waals surface area contributed by atoms with Crippen molar-refractivity contribution in [3.8, 4) is 11.6 Å². The first kappa shape index (κ1) is 19.7. The molecule has 0 aliphatic heterocycles. The number of furan rings is 1. The Morgan fingerprint density at radius 3 is 2.60 bits per heavy atom. The Morgan fingerprint density at radius 1 is 1.13 bits per heavy atom. The average Bonchev–Trinajstić information content (AvgIpc) is 3.42. The highest BCUT2D eigenvalue weighted by Crippen LogP contribution is 2.21. The van der Waals surface area contributed by atoms with E-state index < -0.39 is 0 Å². The van der Waals surface area contributed by atoms with Gasteiger partial charge in [0.05, 0.1) is 6.26 Å². The lowest BCUT2D eigenvalue weighted by Gasteiger charge is -2.13. The molecular weight excluding hydrogens is 402 g/mol. The second-order valence-corrected chi connectivity index (χ2v) is 7.31. The van der Waals surface area contributed by atoms with Crippen LogP contribution in [0.25, 0.3) is 11.6 Å². The number of aromatic nitrogens is 3. The number of halogens is 1. The van der Waals surface area contributed by atoms with Gasteiger partial charge < -0.3 is 14.6 Å². The topological polar surface area (TPSA) is 76.2 Å². The standard InChI is InChI=1S/C22H20ClN5O2/c1-27(2)18-10-8-15(9-11-18)14-24-22-25-20(19-7-4-12-30-19)26-28(22)21(29)16-5-3-6-17(23)13-16/h3-13H,14H2,1-2H3,(H,24,25,26). The molecule has 0 saturated heterocycles. The second kappa shape index (κ2) is 8.42. The van der Waals surface area contributed by atoms with Crippen LogP contribution in [0.5, 0.6) is 0 Å². The van der Waals surface area contributed by atoms with E-state index in [-0.39, 0.29) is 5.91 Å². The highest BCUT2D eigenvalue weighted by atomic mass is 35.5. The van der Waals surface area contributed by atoms with Gasteiger partial charge in [-0.3, -0.25) is 4.79 Å². The molecule has 2 aromatic carbocycles. The average molecular weight is 422 g/mol. The Labute approximate surface area is 178 Å². The number of nitrogens with zero attached hydrogens (tertiary/aromatic N) is 4. The number of carbonyl (C=O) groups is 1. The minimum atomic E-state index is -0.340. The van der Waals surface area contributed by atoms with Gasteiger partial charge in [-0.15, -0.1) is 5.10 Å². The van der Waals surface area contributed by atoms with Crippen LogP contribution in [0.3, 0.4) is 0 Å². The van der Waals surface area contributed by atoms with Crippen LogP contribution in [-0.4, -0.2) is 34.8 Å². The summed E-state index contributed by atoms with van der Waals surface area (Å²) < 4.78 is 6.62. The van der Waals surface area contributed by atoms with Gasteiger partial charge in [-0.25, -0.2) is 0 Å². The van der Waals surface area contributed by atoms with Gasteiger partial charge in [-0.1, -0.05) is 29.8 Å². The highest BCUT2D eigenvalue weighted by molar-refractivity contribution is 6.31. The predicted octanol–water partition coefficient (Wildman–Crippen LogP) is 4.56. The first-order valence-electron chi connectivity index (χ1n) is 9.32. The predicted molar refractivity (Wildman–Crippen MR) is 117 cm³/mol. The monoisotopic (exact) mass is 421 g/mol. The van der Waals surface area contributed by atoms with E-state index in [0.717, 1.165) is 11.3 Å². The molecule has 0 amide bonds. The van der Waals surface area contributed by atoms with E-state index in [4.69, 9.17) is 16.0 Å². The lowest BCUT2D eigenvalue weighted by atomic mass is 10.2. The fourth-order valence-corrected chi connectivity index (χ4v) is 3.11. The summed E-state index contributed by atoms with van der Waals surface area (Å²) in [5.41, 5.74) is 2.57. The lowest BCUT2D eigenvalue weighted by molar-refractivity contribution is 0.0947. The summed E-state index contributed by atoms with van der Waals surface area (Å²) in [6, 6.07) is 18.3. The Balaban J connectivity index is 1.63. The van der Waals surface area contributed by atoms with E-state index in [0.29, 0.717) is 34.7 Å². The molecule has 0 unspecified atom stereocenters. The number of nitrogens with one attached hydrogen (secondary N) is 1. The molecule has 0 bridgehead atoms. The molecule has 0 fully saturated rings. The van der Waals surface area contributed by atoms with Crippen molar-refractivity contribution in [2.45, 2.75) is 6.54 Å². The summed E-state index contributed by atoms with van der Waals surface area (Å²) in [4.78, 5) is 19.6. The molecule has 8 heteroatoms. The summed E-state index contributed by atoms with van der Waals surface area (Å²) in [5.74, 6) is 0.781. The van der Waals surface area contributed by atoms with E-state index in [2.05, 4.69) is 15.4 Å². The van der Waals surface area contributed by atoms with Crippen LogP contribution in [-0.2, 0) is 6.54 Å². The minimum Gasteiger partial charge on any atom is -0.461 e. The highest BCUT2D eigenvalue weighted by Gasteiger charge is 2.20. The second-order valence-electron chi connectivity index (χ2n) is 6.88. The van der Waals surface area contributed by atoms with Crippen molar-refractivity contribution < 1.29 is 9.21 Å². The van der Waals surface area contributed by atoms with Crippen molar-refractivity contribution in [3.05, 3.63) is 83.1 Å². The summed E-state index contributed by atoms with van der Waals surface area (Å²) in [6.07, 6.45) is 1.54. The lowest BCUT2D eigenvalue weighted by Crippen LogP contribution is -2.17. The van der Waals surface area contributed by atoms with E-state index in [1.54, 1.807) is 36.4 Å². The van der Waals surface area contributed by atoms with Gasteiger partial charge in [-0.05, 0) is 48.0 Å². The Hall–Kier alpha value is -3.58. The molecule has 0 aliphatic carbocycles. The zero-order valence-corrected chi connectivity index (χ0v) is 17.3. The van der Waals surface area contributed by atoms with E-state index >= 15 is 0 Å². The van der Waals surface area contributed by atoms with Crippen molar-refractivity contribution in [2.24, 2.45) is 0 Å². The SMILES string of the molecule is CN(C)c1ccc(CNc2nc(-c3ccco3)nn2C(=O)c2cccc(Cl)c2)cc1. The Morgan fingerprint density at radius 2 is 1.93 bits per heavy atom. The molecule has 0 aliphatic rings. The van der Waals surface area contributed by atoms with Gasteiger partial charge in [0.25, 0.3) is 5.91 Å². The molecule has 4 aromatic rings. The number of carbonyl (C=O) groups excluding carboxylic acids is 1. The van der Waals surface area contributed by atoms with Gasteiger partial charge >= 0.3 is 0 Å². The first-order chi connectivity index (χ1) is 14.5. The quantitative estimate of drug-likeness (QED) is 0.492. The molecule has 1 N–H and O–H groups in total. The van der Waals surface area contributed by atoms with Crippen LogP contribution < -0.4 is 10.2 Å². The maximum absolute atomic E-state index is 13.1. The van der Waals surface area contributed by atoms with Gasteiger partial charge in [0.2, 0.25) is 11.8 Å². The van der Waals surface area contributed by atoms with Crippen molar-refractivity contribution in [1.82, 2.24) is 14.8 Å².